The maximum absolute atomic E-state index is 12.5. The Kier molecular flexibility index (Phi) is 7.19. The third kappa shape index (κ3) is 5.42. The number of benzene rings is 1. The Morgan fingerprint density at radius 3 is 2.73 bits per heavy atom. The molecule has 30 heavy (non-hydrogen) atoms. The van der Waals surface area contributed by atoms with E-state index in [1.54, 1.807) is 20.1 Å². The van der Waals surface area contributed by atoms with Gasteiger partial charge in [0.05, 0.1) is 23.9 Å². The minimum absolute atomic E-state index is 0.0881. The number of nitrogens with one attached hydrogen (secondary N) is 1. The van der Waals surface area contributed by atoms with Gasteiger partial charge in [-0.2, -0.15) is 0 Å². The highest BCUT2D eigenvalue weighted by Gasteiger charge is 2.33. The van der Waals surface area contributed by atoms with Crippen LogP contribution in [0.2, 0.25) is 0 Å². The summed E-state index contributed by atoms with van der Waals surface area (Å²) in [4.78, 5) is 12.5. The summed E-state index contributed by atoms with van der Waals surface area (Å²) in [5, 5.41) is 11.6. The molecular formula is C20H26N4O4S2. The summed E-state index contributed by atoms with van der Waals surface area (Å²) in [7, 11) is -1.42. The number of sulfone groups is 1. The highest BCUT2D eigenvalue weighted by atomic mass is 32.2. The molecule has 3 rings (SSSR count). The first-order chi connectivity index (χ1) is 14.3. The molecule has 0 saturated carbocycles. The minimum Gasteiger partial charge on any atom is -0.497 e. The van der Waals surface area contributed by atoms with Gasteiger partial charge in [-0.05, 0) is 31.0 Å². The number of allylic oxidation sites excluding steroid dienone is 1. The summed E-state index contributed by atoms with van der Waals surface area (Å²) in [5.41, 5.74) is 0.973. The molecule has 1 aromatic carbocycles. The third-order valence-corrected chi connectivity index (χ3v) is 7.78. The number of ether oxygens (including phenoxy) is 1. The van der Waals surface area contributed by atoms with Crippen molar-refractivity contribution < 1.29 is 17.9 Å². The van der Waals surface area contributed by atoms with E-state index in [9.17, 15) is 13.2 Å². The van der Waals surface area contributed by atoms with Crippen molar-refractivity contribution in [1.82, 2.24) is 20.1 Å². The molecule has 1 aliphatic heterocycles. The number of thioether (sulfide) groups is 1. The van der Waals surface area contributed by atoms with Crippen LogP contribution in [0.5, 0.6) is 5.75 Å². The molecule has 8 nitrogen and oxygen atoms in total. The fraction of sp³-hybridized carbons (Fsp3) is 0.450. The van der Waals surface area contributed by atoms with E-state index in [0.29, 0.717) is 30.5 Å². The van der Waals surface area contributed by atoms with Crippen LogP contribution in [0, 0.1) is 0 Å². The van der Waals surface area contributed by atoms with Crippen LogP contribution < -0.4 is 10.1 Å². The molecule has 1 amide bonds. The molecule has 10 heteroatoms. The average Bonchev–Trinajstić information content (AvgIpc) is 3.29. The first-order valence-electron chi connectivity index (χ1n) is 9.64. The Morgan fingerprint density at radius 1 is 1.40 bits per heavy atom. The Bertz CT molecular complexity index is 1000. The second kappa shape index (κ2) is 9.65. The second-order valence-electron chi connectivity index (χ2n) is 7.17. The molecular weight excluding hydrogens is 424 g/mol. The highest BCUT2D eigenvalue weighted by Crippen LogP contribution is 2.31. The van der Waals surface area contributed by atoms with E-state index in [2.05, 4.69) is 22.1 Å². The molecule has 0 bridgehead atoms. The number of nitrogens with zero attached hydrogens (tertiary/aromatic N) is 3. The van der Waals surface area contributed by atoms with Gasteiger partial charge in [-0.1, -0.05) is 30.0 Å². The fourth-order valence-corrected chi connectivity index (χ4v) is 5.91. The number of carbonyl (C=O) groups excluding carboxylic acids is 1. The van der Waals surface area contributed by atoms with Crippen LogP contribution in [0.3, 0.4) is 0 Å². The van der Waals surface area contributed by atoms with Crippen LogP contribution in [-0.2, 0) is 27.7 Å². The normalized spacial score (nSPS) is 18.7. The fourth-order valence-electron chi connectivity index (χ4n) is 3.28. The Morgan fingerprint density at radius 2 is 2.13 bits per heavy atom. The SMILES string of the molecule is C=CCn1c(SC(C)C(=O)NCc2ccc(OC)cc2)nnc1C1CCS(=O)(=O)C1. The smallest absolute Gasteiger partial charge is 0.233 e. The topological polar surface area (TPSA) is 103 Å². The van der Waals surface area contributed by atoms with Crippen LogP contribution in [0.25, 0.3) is 0 Å². The number of methoxy groups -OCH3 is 1. The van der Waals surface area contributed by atoms with E-state index in [0.717, 1.165) is 11.3 Å². The molecule has 0 spiro atoms. The van der Waals surface area contributed by atoms with Gasteiger partial charge in [0.15, 0.2) is 15.0 Å². The molecule has 1 saturated heterocycles. The molecule has 162 valence electrons. The summed E-state index contributed by atoms with van der Waals surface area (Å²) < 4.78 is 30.7. The standard InChI is InChI=1S/C20H26N4O4S2/c1-4-10-24-18(16-9-11-30(26,27)13-16)22-23-20(24)29-14(2)19(25)21-12-15-5-7-17(28-3)8-6-15/h4-8,14,16H,1,9-13H2,2-3H3,(H,21,25). The van der Waals surface area contributed by atoms with E-state index in [1.807, 2.05) is 28.8 Å². The van der Waals surface area contributed by atoms with Gasteiger partial charge in [0, 0.05) is 19.0 Å². The first kappa shape index (κ1) is 22.4. The molecule has 1 N–H and O–H groups in total. The molecule has 2 unspecified atom stereocenters. The number of amides is 1. The zero-order valence-electron chi connectivity index (χ0n) is 17.1. The van der Waals surface area contributed by atoms with Crippen molar-refractivity contribution in [2.24, 2.45) is 0 Å². The average molecular weight is 451 g/mol. The van der Waals surface area contributed by atoms with Gasteiger partial charge in [0.25, 0.3) is 0 Å². The highest BCUT2D eigenvalue weighted by molar-refractivity contribution is 8.00. The zero-order valence-corrected chi connectivity index (χ0v) is 18.7. The lowest BCUT2D eigenvalue weighted by molar-refractivity contribution is -0.120. The number of aromatic nitrogens is 3. The minimum atomic E-state index is -3.03. The quantitative estimate of drug-likeness (QED) is 0.461. The van der Waals surface area contributed by atoms with Gasteiger partial charge in [-0.25, -0.2) is 8.42 Å². The van der Waals surface area contributed by atoms with Gasteiger partial charge in [0.1, 0.15) is 11.6 Å². The molecule has 1 fully saturated rings. The maximum atomic E-state index is 12.5. The van der Waals surface area contributed by atoms with E-state index in [-0.39, 0.29) is 23.3 Å². The summed E-state index contributed by atoms with van der Waals surface area (Å²) >= 11 is 1.30. The van der Waals surface area contributed by atoms with Crippen LogP contribution in [0.1, 0.15) is 30.7 Å². The van der Waals surface area contributed by atoms with Gasteiger partial charge in [-0.3, -0.25) is 4.79 Å². The summed E-state index contributed by atoms with van der Waals surface area (Å²) in [5.74, 6) is 1.38. The van der Waals surface area contributed by atoms with E-state index in [1.165, 1.54) is 11.8 Å². The van der Waals surface area contributed by atoms with Gasteiger partial charge >= 0.3 is 0 Å². The first-order valence-corrected chi connectivity index (χ1v) is 12.3. The van der Waals surface area contributed by atoms with Crippen molar-refractivity contribution in [2.45, 2.75) is 42.8 Å². The number of hydrogen-bond donors (Lipinski definition) is 1. The number of carbonyl (C=O) groups is 1. The Balaban J connectivity index is 1.64. The lowest BCUT2D eigenvalue weighted by Gasteiger charge is -2.14. The molecule has 1 aliphatic rings. The number of rotatable bonds is 9. The lowest BCUT2D eigenvalue weighted by atomic mass is 10.1. The third-order valence-electron chi connectivity index (χ3n) is 4.93. The van der Waals surface area contributed by atoms with Crippen LogP contribution in [0.4, 0.5) is 0 Å². The number of hydrogen-bond acceptors (Lipinski definition) is 7. The molecule has 0 radical (unpaired) electrons. The van der Waals surface area contributed by atoms with Crippen molar-refractivity contribution in [2.75, 3.05) is 18.6 Å². The molecule has 2 aromatic rings. The van der Waals surface area contributed by atoms with Crippen molar-refractivity contribution in [3.63, 3.8) is 0 Å². The van der Waals surface area contributed by atoms with Gasteiger partial charge in [-0.15, -0.1) is 16.8 Å². The van der Waals surface area contributed by atoms with Crippen LogP contribution in [0.15, 0.2) is 42.1 Å². The van der Waals surface area contributed by atoms with Crippen LogP contribution >= 0.6 is 11.8 Å². The van der Waals surface area contributed by atoms with E-state index in [4.69, 9.17) is 4.74 Å². The van der Waals surface area contributed by atoms with Crippen molar-refractivity contribution in [3.8, 4) is 5.75 Å². The monoisotopic (exact) mass is 450 g/mol. The summed E-state index contributed by atoms with van der Waals surface area (Å²) in [6.07, 6.45) is 2.26. The Hall–Kier alpha value is -2.33. The van der Waals surface area contributed by atoms with Gasteiger partial charge < -0.3 is 14.6 Å². The molecule has 2 heterocycles. The molecule has 1 aromatic heterocycles. The van der Waals surface area contributed by atoms with Gasteiger partial charge in [0.2, 0.25) is 5.91 Å². The predicted octanol–water partition coefficient (Wildman–Crippen LogP) is 2.17. The predicted molar refractivity (Wildman–Crippen MR) is 116 cm³/mol. The van der Waals surface area contributed by atoms with E-state index >= 15 is 0 Å². The summed E-state index contributed by atoms with van der Waals surface area (Å²) in [6, 6.07) is 7.50. The zero-order chi connectivity index (χ0) is 21.7. The largest absolute Gasteiger partial charge is 0.497 e. The van der Waals surface area contributed by atoms with Crippen molar-refractivity contribution >= 4 is 27.5 Å². The maximum Gasteiger partial charge on any atom is 0.233 e. The van der Waals surface area contributed by atoms with Crippen molar-refractivity contribution in [3.05, 3.63) is 48.3 Å². The van der Waals surface area contributed by atoms with Crippen molar-refractivity contribution in [1.29, 1.82) is 0 Å². The molecule has 0 aliphatic carbocycles. The lowest BCUT2D eigenvalue weighted by Crippen LogP contribution is -2.30. The Labute approximate surface area is 181 Å². The molecule has 2 atom stereocenters. The van der Waals surface area contributed by atoms with Crippen LogP contribution in [-0.4, -0.2) is 53.0 Å². The van der Waals surface area contributed by atoms with E-state index < -0.39 is 15.1 Å². The summed E-state index contributed by atoms with van der Waals surface area (Å²) in [6.45, 7) is 6.45. The second-order valence-corrected chi connectivity index (χ2v) is 10.7.